The van der Waals surface area contributed by atoms with Crippen LogP contribution in [0.15, 0.2) is 0 Å². The van der Waals surface area contributed by atoms with E-state index in [0.717, 1.165) is 23.7 Å². The number of hydrogen-bond acceptors (Lipinski definition) is 3. The minimum atomic E-state index is -0.406. The molecule has 0 amide bonds. The first-order chi connectivity index (χ1) is 7.83. The lowest BCUT2D eigenvalue weighted by molar-refractivity contribution is 0.00878. The van der Waals surface area contributed by atoms with E-state index in [1.54, 1.807) is 0 Å². The summed E-state index contributed by atoms with van der Waals surface area (Å²) in [5.41, 5.74) is 0. The van der Waals surface area contributed by atoms with Crippen molar-refractivity contribution in [1.29, 1.82) is 0 Å². The second kappa shape index (κ2) is 2.41. The molecule has 4 saturated carbocycles. The zero-order chi connectivity index (χ0) is 10.4. The van der Waals surface area contributed by atoms with Gasteiger partial charge in [-0.15, -0.1) is 0 Å². The fraction of sp³-hybridized carbons (Fsp3) is 0.923. The highest BCUT2D eigenvalue weighted by atomic mass is 16.8. The molecule has 4 bridgehead atoms. The van der Waals surface area contributed by atoms with Crippen molar-refractivity contribution in [2.24, 2.45) is 35.5 Å². The van der Waals surface area contributed by atoms with Gasteiger partial charge in [0.25, 0.3) is 0 Å². The normalized spacial score (nSPS) is 64.4. The van der Waals surface area contributed by atoms with Gasteiger partial charge in [0.15, 0.2) is 0 Å². The van der Waals surface area contributed by atoms with Crippen LogP contribution in [0.3, 0.4) is 0 Å². The maximum Gasteiger partial charge on any atom is 0.509 e. The molecule has 3 nitrogen and oxygen atoms in total. The van der Waals surface area contributed by atoms with Crippen LogP contribution in [-0.2, 0) is 9.47 Å². The number of ether oxygens (including phenoxy) is 2. The Morgan fingerprint density at radius 1 is 0.875 bits per heavy atom. The third kappa shape index (κ3) is 0.731. The maximum absolute atomic E-state index is 11.2. The molecule has 0 spiro atoms. The summed E-state index contributed by atoms with van der Waals surface area (Å²) in [7, 11) is 0. The summed E-state index contributed by atoms with van der Waals surface area (Å²) >= 11 is 0. The lowest BCUT2D eigenvalue weighted by Crippen LogP contribution is -2.42. The van der Waals surface area contributed by atoms with Gasteiger partial charge in [0, 0.05) is 11.8 Å². The maximum atomic E-state index is 11.2. The Bertz CT molecular complexity index is 347. The molecule has 7 unspecified atom stereocenters. The quantitative estimate of drug-likeness (QED) is 0.464. The highest BCUT2D eigenvalue weighted by Crippen LogP contribution is 2.68. The van der Waals surface area contributed by atoms with E-state index < -0.39 is 6.16 Å². The van der Waals surface area contributed by atoms with Gasteiger partial charge in [-0.1, -0.05) is 0 Å². The van der Waals surface area contributed by atoms with E-state index in [2.05, 4.69) is 0 Å². The Morgan fingerprint density at radius 3 is 2.00 bits per heavy atom. The lowest BCUT2D eigenvalue weighted by Gasteiger charge is -2.38. The highest BCUT2D eigenvalue weighted by Gasteiger charge is 2.69. The number of hydrogen-bond donors (Lipinski definition) is 0. The Labute approximate surface area is 94.5 Å². The van der Waals surface area contributed by atoms with Crippen molar-refractivity contribution in [2.45, 2.75) is 37.9 Å². The Morgan fingerprint density at radius 2 is 1.44 bits per heavy atom. The smallest absolute Gasteiger partial charge is 0.427 e. The Hall–Kier alpha value is -0.730. The van der Waals surface area contributed by atoms with Crippen LogP contribution in [-0.4, -0.2) is 18.4 Å². The van der Waals surface area contributed by atoms with Crippen LogP contribution < -0.4 is 0 Å². The molecule has 86 valence electrons. The van der Waals surface area contributed by atoms with E-state index in [-0.39, 0.29) is 12.2 Å². The first-order valence-electron chi connectivity index (χ1n) is 6.70. The summed E-state index contributed by atoms with van der Waals surface area (Å²) in [6.07, 6.45) is 5.43. The summed E-state index contributed by atoms with van der Waals surface area (Å²) < 4.78 is 10.7. The number of fused-ring (bicyclic) bond motifs is 12. The molecule has 0 aromatic heterocycles. The molecule has 1 heterocycles. The first-order valence-corrected chi connectivity index (χ1v) is 6.70. The summed E-state index contributed by atoms with van der Waals surface area (Å²) in [5.74, 6) is 4.93. The molecular formula is C13H16O3. The molecular weight excluding hydrogens is 204 g/mol. The van der Waals surface area contributed by atoms with Gasteiger partial charge in [0.1, 0.15) is 12.2 Å². The monoisotopic (exact) mass is 220 g/mol. The summed E-state index contributed by atoms with van der Waals surface area (Å²) in [4.78, 5) is 11.2. The van der Waals surface area contributed by atoms with Crippen LogP contribution in [0.2, 0.25) is 0 Å². The van der Waals surface area contributed by atoms with Crippen molar-refractivity contribution >= 4 is 6.16 Å². The van der Waals surface area contributed by atoms with Crippen molar-refractivity contribution in [3.63, 3.8) is 0 Å². The minimum Gasteiger partial charge on any atom is -0.427 e. The van der Waals surface area contributed by atoms with Gasteiger partial charge in [0.2, 0.25) is 0 Å². The van der Waals surface area contributed by atoms with Gasteiger partial charge in [-0.2, -0.15) is 0 Å². The van der Waals surface area contributed by atoms with E-state index in [0.29, 0.717) is 11.8 Å². The average molecular weight is 220 g/mol. The minimum absolute atomic E-state index is 0.123. The fourth-order valence-electron chi connectivity index (χ4n) is 6.03. The molecule has 1 saturated heterocycles. The van der Waals surface area contributed by atoms with E-state index >= 15 is 0 Å². The van der Waals surface area contributed by atoms with Crippen LogP contribution >= 0.6 is 0 Å². The number of carbonyl (C=O) groups is 1. The largest absolute Gasteiger partial charge is 0.509 e. The van der Waals surface area contributed by atoms with Crippen molar-refractivity contribution in [1.82, 2.24) is 0 Å². The van der Waals surface area contributed by atoms with E-state index in [1.807, 2.05) is 0 Å². The molecule has 0 aromatic carbocycles. The van der Waals surface area contributed by atoms with Crippen LogP contribution in [0.4, 0.5) is 4.79 Å². The van der Waals surface area contributed by atoms with Crippen LogP contribution in [0, 0.1) is 35.5 Å². The van der Waals surface area contributed by atoms with Crippen molar-refractivity contribution in [2.75, 3.05) is 0 Å². The van der Waals surface area contributed by atoms with E-state index in [1.165, 1.54) is 25.7 Å². The van der Waals surface area contributed by atoms with Gasteiger partial charge in [-0.3, -0.25) is 0 Å². The molecule has 1 aliphatic heterocycles. The zero-order valence-electron chi connectivity index (χ0n) is 9.17. The molecule has 16 heavy (non-hydrogen) atoms. The van der Waals surface area contributed by atoms with E-state index in [9.17, 15) is 4.79 Å². The third-order valence-electron chi connectivity index (χ3n) is 6.21. The standard InChI is InChI=1S/C13H16O3/c14-13-15-11-7-4-8(12(11)16-13)10-6-2-1-5(3-6)9(7)10/h5-12H,1-4H2/t5?,6?,7-,8?,9?,10?,11?,12?/m1/s1. The Kier molecular flexibility index (Phi) is 1.26. The van der Waals surface area contributed by atoms with Crippen molar-refractivity contribution in [3.05, 3.63) is 0 Å². The summed E-state index contributed by atoms with van der Waals surface area (Å²) in [5, 5.41) is 0. The van der Waals surface area contributed by atoms with Crippen LogP contribution in [0.5, 0.6) is 0 Å². The lowest BCUT2D eigenvalue weighted by atomic mass is 9.69. The molecule has 0 aromatic rings. The fourth-order valence-corrected chi connectivity index (χ4v) is 6.03. The third-order valence-corrected chi connectivity index (χ3v) is 6.21. The summed E-state index contributed by atoms with van der Waals surface area (Å²) in [6, 6.07) is 0. The number of rotatable bonds is 0. The van der Waals surface area contributed by atoms with Gasteiger partial charge < -0.3 is 9.47 Å². The highest BCUT2D eigenvalue weighted by molar-refractivity contribution is 5.63. The molecule has 4 aliphatic carbocycles. The number of carbonyl (C=O) groups excluding carboxylic acids is 1. The zero-order valence-corrected chi connectivity index (χ0v) is 9.17. The van der Waals surface area contributed by atoms with Crippen LogP contribution in [0.1, 0.15) is 25.7 Å². The van der Waals surface area contributed by atoms with Gasteiger partial charge in [-0.05, 0) is 49.4 Å². The van der Waals surface area contributed by atoms with Crippen molar-refractivity contribution < 1.29 is 14.3 Å². The molecule has 0 radical (unpaired) electrons. The van der Waals surface area contributed by atoms with Crippen molar-refractivity contribution in [3.8, 4) is 0 Å². The predicted octanol–water partition coefficient (Wildman–Crippen LogP) is 2.20. The topological polar surface area (TPSA) is 35.5 Å². The molecule has 5 aliphatic rings. The molecule has 5 rings (SSSR count). The second-order valence-corrected chi connectivity index (χ2v) is 6.47. The molecule has 0 N–H and O–H groups in total. The molecule has 3 heteroatoms. The second-order valence-electron chi connectivity index (χ2n) is 6.47. The predicted molar refractivity (Wildman–Crippen MR) is 54.6 cm³/mol. The summed E-state index contributed by atoms with van der Waals surface area (Å²) in [6.45, 7) is 0. The van der Waals surface area contributed by atoms with Gasteiger partial charge >= 0.3 is 6.16 Å². The Balaban J connectivity index is 1.57. The average Bonchev–Trinajstić information content (AvgIpc) is 2.98. The van der Waals surface area contributed by atoms with Gasteiger partial charge in [0.05, 0.1) is 0 Å². The molecule has 8 atom stereocenters. The van der Waals surface area contributed by atoms with E-state index in [4.69, 9.17) is 9.47 Å². The van der Waals surface area contributed by atoms with Gasteiger partial charge in [-0.25, -0.2) is 4.79 Å². The molecule has 5 fully saturated rings. The first kappa shape index (κ1) is 8.37. The SMILES string of the molecule is O=C1OC2C3C[C@@H](C2O1)C1C2CCC(C2)C31. The van der Waals surface area contributed by atoms with Crippen LogP contribution in [0.25, 0.3) is 0 Å².